The summed E-state index contributed by atoms with van der Waals surface area (Å²) in [5, 5.41) is 11.9. The molecule has 0 fully saturated rings. The number of unbranched alkanes of at least 4 members (excludes halogenated alkanes) is 7. The quantitative estimate of drug-likeness (QED) is 0.0389. The van der Waals surface area contributed by atoms with E-state index in [1.807, 2.05) is 12.2 Å². The zero-order valence-corrected chi connectivity index (χ0v) is 29.6. The van der Waals surface area contributed by atoms with Crippen LogP contribution in [-0.2, 0) is 19.1 Å². The van der Waals surface area contributed by atoms with Gasteiger partial charge in [-0.05, 0) is 96.1 Å². The van der Waals surface area contributed by atoms with Crippen molar-refractivity contribution in [2.24, 2.45) is 5.73 Å². The summed E-state index contributed by atoms with van der Waals surface area (Å²) in [4.78, 5) is 36.1. The van der Waals surface area contributed by atoms with Crippen LogP contribution in [0.4, 0.5) is 0 Å². The number of carbonyl (C=O) groups is 3. The van der Waals surface area contributed by atoms with E-state index in [0.717, 1.165) is 64.2 Å². The molecule has 1 amide bonds. The molecule has 0 radical (unpaired) electrons. The third-order valence-electron chi connectivity index (χ3n) is 7.50. The van der Waals surface area contributed by atoms with Gasteiger partial charge in [0.05, 0.1) is 0 Å². The summed E-state index contributed by atoms with van der Waals surface area (Å²) in [6.45, 7) is 4.75. The molecule has 0 aliphatic heterocycles. The predicted octanol–water partition coefficient (Wildman–Crippen LogP) is 9.61. The molecule has 7 nitrogen and oxygen atoms in total. The van der Waals surface area contributed by atoms with E-state index in [0.29, 0.717) is 45.1 Å². The van der Waals surface area contributed by atoms with Gasteiger partial charge in [0.1, 0.15) is 12.1 Å². The molecule has 2 atom stereocenters. The van der Waals surface area contributed by atoms with Crippen LogP contribution >= 0.6 is 0 Å². The monoisotopic (exact) mass is 654 g/mol. The minimum Gasteiger partial charge on any atom is -0.480 e. The molecule has 0 aromatic heterocycles. The van der Waals surface area contributed by atoms with E-state index in [2.05, 4.69) is 79.9 Å². The van der Waals surface area contributed by atoms with Crippen LogP contribution in [0, 0.1) is 0 Å². The minimum absolute atomic E-state index is 0.187. The van der Waals surface area contributed by atoms with Crippen LogP contribution in [0.5, 0.6) is 0 Å². The smallest absolute Gasteiger partial charge is 0.326 e. The van der Waals surface area contributed by atoms with Crippen LogP contribution in [0.1, 0.15) is 142 Å². The van der Waals surface area contributed by atoms with Gasteiger partial charge >= 0.3 is 11.9 Å². The van der Waals surface area contributed by atoms with E-state index in [1.165, 1.54) is 25.7 Å². The van der Waals surface area contributed by atoms with Crippen LogP contribution in [0.3, 0.4) is 0 Å². The minimum atomic E-state index is -1.03. The molecule has 0 bridgehead atoms. The predicted molar refractivity (Wildman–Crippen MR) is 197 cm³/mol. The van der Waals surface area contributed by atoms with Crippen LogP contribution in [0.2, 0.25) is 0 Å². The number of rotatable bonds is 31. The fourth-order valence-electron chi connectivity index (χ4n) is 4.76. The largest absolute Gasteiger partial charge is 0.480 e. The number of nitrogens with two attached hydrogens (primary N) is 1. The number of carbonyl (C=O) groups excluding carboxylic acids is 2. The summed E-state index contributed by atoms with van der Waals surface area (Å²) < 4.78 is 5.83. The lowest BCUT2D eigenvalue weighted by molar-refractivity contribution is -0.147. The molecule has 0 aliphatic rings. The molecule has 0 rings (SSSR count). The number of carboxylic acid groups (broad SMARTS) is 1. The van der Waals surface area contributed by atoms with E-state index in [-0.39, 0.29) is 18.0 Å². The summed E-state index contributed by atoms with van der Waals surface area (Å²) >= 11 is 0. The highest BCUT2D eigenvalue weighted by Gasteiger charge is 2.18. The Kier molecular flexibility index (Phi) is 31.8. The molecule has 0 heterocycles. The zero-order valence-electron chi connectivity index (χ0n) is 29.6. The lowest BCUT2D eigenvalue weighted by Gasteiger charge is -2.15. The highest BCUT2D eigenvalue weighted by molar-refractivity contribution is 5.83. The summed E-state index contributed by atoms with van der Waals surface area (Å²) in [5.41, 5.74) is 5.46. The first kappa shape index (κ1) is 43.8. The van der Waals surface area contributed by atoms with E-state index in [9.17, 15) is 19.5 Å². The van der Waals surface area contributed by atoms with Gasteiger partial charge in [0.2, 0.25) is 5.91 Å². The van der Waals surface area contributed by atoms with Crippen LogP contribution in [0.15, 0.2) is 72.9 Å². The molecule has 266 valence electrons. The average Bonchev–Trinajstić information content (AvgIpc) is 3.05. The number of aliphatic carboxylic acids is 1. The summed E-state index contributed by atoms with van der Waals surface area (Å²) in [5.74, 6) is -1.45. The highest BCUT2D eigenvalue weighted by Crippen LogP contribution is 2.13. The van der Waals surface area contributed by atoms with Crippen molar-refractivity contribution in [3.05, 3.63) is 72.9 Å². The van der Waals surface area contributed by atoms with Gasteiger partial charge in [0.15, 0.2) is 0 Å². The van der Waals surface area contributed by atoms with Gasteiger partial charge in [-0.2, -0.15) is 0 Å². The first-order valence-corrected chi connectivity index (χ1v) is 18.3. The molecule has 2 unspecified atom stereocenters. The second-order valence-corrected chi connectivity index (χ2v) is 11.9. The van der Waals surface area contributed by atoms with Crippen molar-refractivity contribution < 1.29 is 24.2 Å². The molecule has 0 aromatic carbocycles. The number of amides is 1. The van der Waals surface area contributed by atoms with Gasteiger partial charge in [-0.3, -0.25) is 9.59 Å². The standard InChI is InChI=1S/C40H66N2O5/c1-3-5-7-9-11-13-14-15-16-18-20-22-28-34-39(44)47-36(30-25-21-19-17-12-10-8-6-4-2)31-26-23-24-27-33-38(43)42-37(40(45)46)32-29-35-41/h5,7,11,13,15-17,19-20,22,25,30,36-37H,3-4,6,8-10,12,14,18,21,23-24,26-29,31-35,41H2,1-2H3,(H,42,43)(H,45,46)/b7-5-,13-11-,16-15-,19-17-,22-20-,30-25-. The van der Waals surface area contributed by atoms with Gasteiger partial charge < -0.3 is 20.9 Å². The molecule has 0 aromatic rings. The molecular weight excluding hydrogens is 588 g/mol. The van der Waals surface area contributed by atoms with Gasteiger partial charge in [-0.15, -0.1) is 0 Å². The van der Waals surface area contributed by atoms with Crippen molar-refractivity contribution in [1.29, 1.82) is 0 Å². The normalized spacial score (nSPS) is 13.6. The Bertz CT molecular complexity index is 964. The van der Waals surface area contributed by atoms with Crippen LogP contribution in [0.25, 0.3) is 0 Å². The number of nitrogens with one attached hydrogen (secondary N) is 1. The molecular formula is C40H66N2O5. The van der Waals surface area contributed by atoms with Crippen molar-refractivity contribution in [3.63, 3.8) is 0 Å². The third kappa shape index (κ3) is 31.2. The Morgan fingerprint density at radius 2 is 1.26 bits per heavy atom. The number of esters is 1. The van der Waals surface area contributed by atoms with Gasteiger partial charge in [0, 0.05) is 12.8 Å². The maximum absolute atomic E-state index is 12.6. The van der Waals surface area contributed by atoms with Crippen LogP contribution in [-0.4, -0.2) is 41.6 Å². The van der Waals surface area contributed by atoms with E-state index < -0.39 is 12.0 Å². The number of ether oxygens (including phenoxy) is 1. The molecule has 0 saturated carbocycles. The van der Waals surface area contributed by atoms with Gasteiger partial charge in [-0.25, -0.2) is 4.79 Å². The zero-order chi connectivity index (χ0) is 34.6. The lowest BCUT2D eigenvalue weighted by atomic mass is 10.1. The fraction of sp³-hybridized carbons (Fsp3) is 0.625. The Morgan fingerprint density at radius 1 is 0.660 bits per heavy atom. The number of hydrogen-bond donors (Lipinski definition) is 3. The first-order chi connectivity index (χ1) is 22.9. The topological polar surface area (TPSA) is 119 Å². The highest BCUT2D eigenvalue weighted by atomic mass is 16.5. The second kappa shape index (κ2) is 34.2. The second-order valence-electron chi connectivity index (χ2n) is 11.9. The molecule has 0 spiro atoms. The average molecular weight is 655 g/mol. The van der Waals surface area contributed by atoms with Crippen molar-refractivity contribution in [1.82, 2.24) is 5.32 Å². The summed E-state index contributed by atoms with van der Waals surface area (Å²) in [6.07, 6.45) is 42.5. The SMILES string of the molecule is CC/C=C\C/C=C\C/C=C\C/C=C\CCC(=O)OC(/C=C\C/C=C\CCCCCC)CCCCCCC(=O)NC(CCCN)C(=O)O. The van der Waals surface area contributed by atoms with Gasteiger partial charge in [0.25, 0.3) is 0 Å². The van der Waals surface area contributed by atoms with Gasteiger partial charge in [-0.1, -0.05) is 113 Å². The Hall–Kier alpha value is -3.19. The van der Waals surface area contributed by atoms with Crippen molar-refractivity contribution in [2.45, 2.75) is 154 Å². The number of carboxylic acids is 1. The Morgan fingerprint density at radius 3 is 1.89 bits per heavy atom. The third-order valence-corrected chi connectivity index (χ3v) is 7.50. The maximum atomic E-state index is 12.6. The maximum Gasteiger partial charge on any atom is 0.326 e. The molecule has 7 heteroatoms. The van der Waals surface area contributed by atoms with Crippen molar-refractivity contribution in [2.75, 3.05) is 6.54 Å². The van der Waals surface area contributed by atoms with Crippen LogP contribution < -0.4 is 11.1 Å². The van der Waals surface area contributed by atoms with Crippen molar-refractivity contribution in [3.8, 4) is 0 Å². The summed E-state index contributed by atoms with van der Waals surface area (Å²) in [7, 11) is 0. The Balaban J connectivity index is 4.57. The van der Waals surface area contributed by atoms with E-state index >= 15 is 0 Å². The Labute approximate surface area is 286 Å². The lowest BCUT2D eigenvalue weighted by Crippen LogP contribution is -2.40. The molecule has 0 saturated heterocycles. The molecule has 4 N–H and O–H groups in total. The fourth-order valence-corrected chi connectivity index (χ4v) is 4.76. The van der Waals surface area contributed by atoms with Crippen molar-refractivity contribution >= 4 is 17.8 Å². The molecule has 0 aliphatic carbocycles. The number of allylic oxidation sites excluding steroid dienone is 11. The summed E-state index contributed by atoms with van der Waals surface area (Å²) in [6, 6.07) is -0.882. The van der Waals surface area contributed by atoms with E-state index in [1.54, 1.807) is 0 Å². The molecule has 47 heavy (non-hydrogen) atoms. The van der Waals surface area contributed by atoms with E-state index in [4.69, 9.17) is 10.5 Å². The number of hydrogen-bond acceptors (Lipinski definition) is 5. The first-order valence-electron chi connectivity index (χ1n) is 18.3.